The van der Waals surface area contributed by atoms with E-state index in [0.29, 0.717) is 5.69 Å². The average molecular weight is 251 g/mol. The van der Waals surface area contributed by atoms with Crippen molar-refractivity contribution in [2.24, 2.45) is 0 Å². The molecular formula is C9H10NNaO4S. The van der Waals surface area contributed by atoms with Gasteiger partial charge in [0.05, 0.1) is 0 Å². The number of rotatable bonds is 3. The zero-order chi connectivity index (χ0) is 11.5. The fourth-order valence-electron chi connectivity index (χ4n) is 0.896. The summed E-state index contributed by atoms with van der Waals surface area (Å²) in [5, 5.41) is 0.745. The van der Waals surface area contributed by atoms with E-state index in [1.807, 2.05) is 0 Å². The molecule has 0 radical (unpaired) electrons. The van der Waals surface area contributed by atoms with Gasteiger partial charge < -0.3 is 9.87 Å². The number of hydrogen-bond acceptors (Lipinski definition) is 4. The molecule has 5 nitrogen and oxygen atoms in total. The minimum atomic E-state index is -4.58. The summed E-state index contributed by atoms with van der Waals surface area (Å²) in [5.41, 5.74) is 0.456. The zero-order valence-electron chi connectivity index (χ0n) is 9.01. The van der Waals surface area contributed by atoms with Gasteiger partial charge in [0.15, 0.2) is 0 Å². The number of benzene rings is 1. The maximum atomic E-state index is 11.3. The van der Waals surface area contributed by atoms with Crippen LogP contribution in [0.2, 0.25) is 0 Å². The van der Waals surface area contributed by atoms with Crippen molar-refractivity contribution in [3.63, 3.8) is 0 Å². The molecule has 0 saturated carbocycles. The third-order valence-corrected chi connectivity index (χ3v) is 2.92. The number of hydrogen-bond donors (Lipinski definition) is 1. The molecule has 7 heteroatoms. The van der Waals surface area contributed by atoms with Gasteiger partial charge in [0.2, 0.25) is 5.91 Å². The van der Waals surface area contributed by atoms with Gasteiger partial charge in [0, 0.05) is 5.69 Å². The Labute approximate surface area is 116 Å². The number of carbonyl (C=O) groups excluding carboxylic acids is 1. The maximum absolute atomic E-state index is 11.3. The molecule has 1 aromatic rings. The molecule has 1 N–H and O–H groups in total. The van der Waals surface area contributed by atoms with E-state index in [1.165, 1.54) is 0 Å². The molecule has 0 bridgehead atoms. The summed E-state index contributed by atoms with van der Waals surface area (Å²) >= 11 is 0. The van der Waals surface area contributed by atoms with Gasteiger partial charge in [-0.2, -0.15) is 0 Å². The first-order chi connectivity index (χ1) is 6.91. The van der Waals surface area contributed by atoms with Crippen molar-refractivity contribution < 1.29 is 47.3 Å². The molecule has 0 fully saturated rings. The Balaban J connectivity index is 0.00000225. The molecule has 0 heterocycles. The summed E-state index contributed by atoms with van der Waals surface area (Å²) in [5.74, 6) is -0.823. The largest absolute Gasteiger partial charge is 1.00 e. The Hall–Kier alpha value is -0.400. The van der Waals surface area contributed by atoms with Crippen LogP contribution in [0.4, 0.5) is 5.69 Å². The van der Waals surface area contributed by atoms with Gasteiger partial charge in [-0.05, 0) is 19.1 Å². The summed E-state index contributed by atoms with van der Waals surface area (Å²) in [6.45, 7) is 1.06. The van der Waals surface area contributed by atoms with Crippen LogP contribution >= 0.6 is 0 Å². The number of carbonyl (C=O) groups is 1. The number of anilines is 1. The van der Waals surface area contributed by atoms with Gasteiger partial charge in [-0.1, -0.05) is 18.2 Å². The Kier molecular flexibility index (Phi) is 6.20. The van der Waals surface area contributed by atoms with Crippen LogP contribution in [0, 0.1) is 0 Å². The van der Waals surface area contributed by atoms with Gasteiger partial charge >= 0.3 is 29.6 Å². The first-order valence-corrected chi connectivity index (χ1v) is 5.69. The predicted molar refractivity (Wildman–Crippen MR) is 54.2 cm³/mol. The second-order valence-corrected chi connectivity index (χ2v) is 4.68. The fourth-order valence-corrected chi connectivity index (χ4v) is 1.22. The van der Waals surface area contributed by atoms with E-state index in [-0.39, 0.29) is 29.6 Å². The van der Waals surface area contributed by atoms with E-state index in [0.717, 1.165) is 6.92 Å². The molecule has 16 heavy (non-hydrogen) atoms. The standard InChI is InChI=1S/C9H11NO4S.Na/c1-7(15(12,13)14)9(11)10-8-5-3-2-4-6-8;/h2-7H,1H3,(H,10,11)(H,12,13,14);/q;+1/p-1. The molecular weight excluding hydrogens is 241 g/mol. The van der Waals surface area contributed by atoms with Crippen LogP contribution in [0.15, 0.2) is 30.3 Å². The van der Waals surface area contributed by atoms with Crippen LogP contribution in [-0.4, -0.2) is 24.1 Å². The first kappa shape index (κ1) is 15.6. The van der Waals surface area contributed by atoms with Gasteiger partial charge in [0.1, 0.15) is 15.4 Å². The summed E-state index contributed by atoms with van der Waals surface area (Å²) < 4.78 is 31.6. The third-order valence-electron chi connectivity index (χ3n) is 1.84. The molecule has 0 aliphatic rings. The van der Waals surface area contributed by atoms with Gasteiger partial charge in [-0.25, -0.2) is 8.42 Å². The van der Waals surface area contributed by atoms with E-state index in [1.54, 1.807) is 30.3 Å². The topological polar surface area (TPSA) is 86.3 Å². The quantitative estimate of drug-likeness (QED) is 0.478. The van der Waals surface area contributed by atoms with E-state index in [2.05, 4.69) is 5.32 Å². The van der Waals surface area contributed by atoms with Crippen LogP contribution in [0.1, 0.15) is 6.92 Å². The predicted octanol–water partition coefficient (Wildman–Crippen LogP) is -2.44. The van der Waals surface area contributed by atoms with Gasteiger partial charge in [-0.3, -0.25) is 4.79 Å². The SMILES string of the molecule is CC(C(=O)Nc1ccccc1)S(=O)(=O)[O-].[Na+]. The fraction of sp³-hybridized carbons (Fsp3) is 0.222. The molecule has 0 spiro atoms. The number of amides is 1. The molecule has 82 valence electrons. The normalized spacial score (nSPS) is 12.4. The number of para-hydroxylation sites is 1. The molecule has 0 aliphatic carbocycles. The Morgan fingerprint density at radius 1 is 1.31 bits per heavy atom. The summed E-state index contributed by atoms with van der Waals surface area (Å²) in [4.78, 5) is 11.3. The van der Waals surface area contributed by atoms with Crippen LogP contribution in [-0.2, 0) is 14.9 Å². The Morgan fingerprint density at radius 2 is 1.81 bits per heavy atom. The molecule has 1 amide bonds. The molecule has 0 saturated heterocycles. The van der Waals surface area contributed by atoms with E-state index in [4.69, 9.17) is 0 Å². The van der Waals surface area contributed by atoms with Crippen LogP contribution in [0.3, 0.4) is 0 Å². The Morgan fingerprint density at radius 3 is 2.25 bits per heavy atom. The van der Waals surface area contributed by atoms with Gasteiger partial charge in [0.25, 0.3) is 0 Å². The molecule has 1 rings (SSSR count). The van der Waals surface area contributed by atoms with Crippen molar-refractivity contribution in [2.45, 2.75) is 12.2 Å². The molecule has 1 aromatic carbocycles. The summed E-state index contributed by atoms with van der Waals surface area (Å²) in [6.07, 6.45) is 0. The first-order valence-electron chi connectivity index (χ1n) is 4.22. The average Bonchev–Trinajstić information content (AvgIpc) is 2.16. The number of nitrogens with one attached hydrogen (secondary N) is 1. The van der Waals surface area contributed by atoms with E-state index >= 15 is 0 Å². The van der Waals surface area contributed by atoms with Crippen molar-refractivity contribution in [2.75, 3.05) is 5.32 Å². The van der Waals surface area contributed by atoms with E-state index in [9.17, 15) is 17.8 Å². The second-order valence-electron chi connectivity index (χ2n) is 2.99. The van der Waals surface area contributed by atoms with Crippen molar-refractivity contribution >= 4 is 21.7 Å². The van der Waals surface area contributed by atoms with Crippen molar-refractivity contribution in [1.29, 1.82) is 0 Å². The second kappa shape index (κ2) is 6.36. The zero-order valence-corrected chi connectivity index (χ0v) is 11.8. The summed E-state index contributed by atoms with van der Waals surface area (Å²) in [7, 11) is -4.58. The Bertz CT molecular complexity index is 446. The monoisotopic (exact) mass is 251 g/mol. The maximum Gasteiger partial charge on any atom is 1.00 e. The van der Waals surface area contributed by atoms with Crippen LogP contribution in [0.25, 0.3) is 0 Å². The summed E-state index contributed by atoms with van der Waals surface area (Å²) in [6, 6.07) is 8.32. The smallest absolute Gasteiger partial charge is 0.747 e. The van der Waals surface area contributed by atoms with Crippen LogP contribution < -0.4 is 34.9 Å². The van der Waals surface area contributed by atoms with Crippen LogP contribution in [0.5, 0.6) is 0 Å². The third kappa shape index (κ3) is 4.63. The van der Waals surface area contributed by atoms with Crippen molar-refractivity contribution in [3.8, 4) is 0 Å². The van der Waals surface area contributed by atoms with Crippen molar-refractivity contribution in [3.05, 3.63) is 30.3 Å². The molecule has 0 aromatic heterocycles. The minimum absolute atomic E-state index is 0. The van der Waals surface area contributed by atoms with E-state index < -0.39 is 21.3 Å². The van der Waals surface area contributed by atoms with Crippen molar-refractivity contribution in [1.82, 2.24) is 0 Å². The molecule has 1 atom stereocenters. The molecule has 0 aliphatic heterocycles. The molecule has 1 unspecified atom stereocenters. The minimum Gasteiger partial charge on any atom is -0.747 e. The van der Waals surface area contributed by atoms with Gasteiger partial charge in [-0.15, -0.1) is 0 Å².